The Hall–Kier alpha value is -2.29. The van der Waals surface area contributed by atoms with Crippen LogP contribution in [0.3, 0.4) is 0 Å². The van der Waals surface area contributed by atoms with Gasteiger partial charge in [0.2, 0.25) is 0 Å². The van der Waals surface area contributed by atoms with Gasteiger partial charge in [0, 0.05) is 21.6 Å². The molecule has 0 heterocycles. The maximum Gasteiger partial charge on any atom is 0.306 e. The lowest BCUT2D eigenvalue weighted by Crippen LogP contribution is -2.32. The van der Waals surface area contributed by atoms with Crippen LogP contribution in [0.15, 0.2) is 82.6 Å². The van der Waals surface area contributed by atoms with Crippen molar-refractivity contribution in [1.82, 2.24) is 0 Å². The third kappa shape index (κ3) is 6.72. The smallest absolute Gasteiger partial charge is 0.306 e. The van der Waals surface area contributed by atoms with Crippen LogP contribution >= 0.6 is 23.5 Å². The minimum Gasteiger partial charge on any atom is -0.465 e. The molecule has 5 nitrogen and oxygen atoms in total. The second kappa shape index (κ2) is 12.8. The van der Waals surface area contributed by atoms with Crippen molar-refractivity contribution in [2.45, 2.75) is 35.2 Å². The second-order valence-corrected chi connectivity index (χ2v) is 10.9. The Balaban J connectivity index is 1.80. The minimum atomic E-state index is -1.33. The lowest BCUT2D eigenvalue weighted by molar-refractivity contribution is -0.148. The fourth-order valence-corrected chi connectivity index (χ4v) is 4.61. The van der Waals surface area contributed by atoms with Crippen molar-refractivity contribution in [2.75, 3.05) is 32.3 Å². The van der Waals surface area contributed by atoms with Gasteiger partial charge in [0.15, 0.2) is 0 Å². The van der Waals surface area contributed by atoms with Crippen molar-refractivity contribution in [3.63, 3.8) is 0 Å². The number of aryl methyl sites for hydroxylation is 1. The Morgan fingerprint density at radius 3 is 1.58 bits per heavy atom. The summed E-state index contributed by atoms with van der Waals surface area (Å²) < 4.78 is 5.24. The largest absolute Gasteiger partial charge is 0.465 e. The van der Waals surface area contributed by atoms with Gasteiger partial charge in [-0.25, -0.2) is 0 Å². The first kappa shape index (κ1) is 28.3. The molecule has 3 aromatic carbocycles. The Labute approximate surface area is 221 Å². The van der Waals surface area contributed by atoms with Gasteiger partial charge in [-0.15, -0.1) is 23.5 Å². The quantitative estimate of drug-likeness (QED) is 0.176. The molecule has 0 saturated carbocycles. The zero-order valence-corrected chi connectivity index (χ0v) is 22.6. The fourth-order valence-electron chi connectivity index (χ4n) is 3.79. The number of rotatable bonds is 12. The second-order valence-electron chi connectivity index (χ2n) is 9.15. The minimum absolute atomic E-state index is 0.0323. The highest BCUT2D eigenvalue weighted by atomic mass is 32.2. The van der Waals surface area contributed by atoms with E-state index in [9.17, 15) is 20.1 Å². The number of ether oxygens (including phenoxy) is 1. The average molecular weight is 527 g/mol. The van der Waals surface area contributed by atoms with Crippen LogP contribution in [0.5, 0.6) is 0 Å². The summed E-state index contributed by atoms with van der Waals surface area (Å²) in [6, 6.07) is 23.6. The highest BCUT2D eigenvalue weighted by Crippen LogP contribution is 2.38. The van der Waals surface area contributed by atoms with Crippen molar-refractivity contribution in [3.8, 4) is 0 Å². The van der Waals surface area contributed by atoms with E-state index in [1.54, 1.807) is 30.4 Å². The van der Waals surface area contributed by atoms with Crippen molar-refractivity contribution >= 4 is 29.5 Å². The van der Waals surface area contributed by atoms with Crippen LogP contribution in [0.4, 0.5) is 0 Å². The summed E-state index contributed by atoms with van der Waals surface area (Å²) >= 11 is 3.31. The standard InChI is InChI=1S/C29H34O5S2/c1-28(18-30,19-31)20-34-27(32)17-6-21-4-7-22(8-5-21)29(33,23-9-13-25(35-2)14-10-23)24-11-15-26(36-3)16-12-24/h4-5,7-16,30-31,33H,6,17-20H2,1-3H3. The molecule has 3 aromatic rings. The maximum atomic E-state index is 12.2. The number of aliphatic hydroxyl groups is 3. The Kier molecular flexibility index (Phi) is 10.0. The molecule has 0 saturated heterocycles. The van der Waals surface area contributed by atoms with Gasteiger partial charge in [-0.2, -0.15) is 0 Å². The zero-order valence-electron chi connectivity index (χ0n) is 20.9. The van der Waals surface area contributed by atoms with Crippen molar-refractivity contribution in [3.05, 3.63) is 95.1 Å². The molecule has 7 heteroatoms. The first-order valence-corrected chi connectivity index (χ1v) is 14.2. The Morgan fingerprint density at radius 1 is 0.778 bits per heavy atom. The van der Waals surface area contributed by atoms with Crippen LogP contribution in [0, 0.1) is 5.41 Å². The fraction of sp³-hybridized carbons (Fsp3) is 0.345. The van der Waals surface area contributed by atoms with Crippen LogP contribution in [0.1, 0.15) is 35.6 Å². The van der Waals surface area contributed by atoms with Gasteiger partial charge < -0.3 is 20.1 Å². The van der Waals surface area contributed by atoms with Crippen LogP contribution in [0.2, 0.25) is 0 Å². The summed E-state index contributed by atoms with van der Waals surface area (Å²) in [5, 5.41) is 30.8. The molecule has 0 bridgehead atoms. The Morgan fingerprint density at radius 2 is 1.19 bits per heavy atom. The number of thioether (sulfide) groups is 2. The van der Waals surface area contributed by atoms with Gasteiger partial charge in [-0.3, -0.25) is 4.79 Å². The Bertz CT molecular complexity index is 1060. The van der Waals surface area contributed by atoms with Crippen molar-refractivity contribution in [2.24, 2.45) is 5.41 Å². The molecule has 36 heavy (non-hydrogen) atoms. The van der Waals surface area contributed by atoms with E-state index < -0.39 is 11.0 Å². The number of hydrogen-bond acceptors (Lipinski definition) is 7. The van der Waals surface area contributed by atoms with E-state index in [0.717, 1.165) is 32.0 Å². The molecule has 0 aliphatic carbocycles. The highest BCUT2D eigenvalue weighted by molar-refractivity contribution is 7.98. The zero-order chi connectivity index (χ0) is 26.2. The summed E-state index contributed by atoms with van der Waals surface area (Å²) in [4.78, 5) is 14.4. The molecule has 0 aromatic heterocycles. The molecule has 3 rings (SSSR count). The average Bonchev–Trinajstić information content (AvgIpc) is 2.94. The van der Waals surface area contributed by atoms with Crippen LogP contribution < -0.4 is 0 Å². The normalized spacial score (nSPS) is 11.9. The molecular formula is C29H34O5S2. The van der Waals surface area contributed by atoms with Gasteiger partial charge in [-0.1, -0.05) is 55.5 Å². The number of aliphatic hydroxyl groups excluding tert-OH is 2. The SMILES string of the molecule is CSc1ccc(C(O)(c2ccc(CCC(=O)OCC(C)(CO)CO)cc2)c2ccc(SC)cc2)cc1. The van der Waals surface area contributed by atoms with E-state index in [1.165, 1.54) is 0 Å². The first-order valence-electron chi connectivity index (χ1n) is 11.8. The number of carbonyl (C=O) groups excluding carboxylic acids is 1. The predicted octanol–water partition coefficient (Wildman–Crippen LogP) is 4.88. The summed E-state index contributed by atoms with van der Waals surface area (Å²) in [7, 11) is 0. The van der Waals surface area contributed by atoms with E-state index >= 15 is 0 Å². The van der Waals surface area contributed by atoms with E-state index in [1.807, 2.05) is 85.3 Å². The molecule has 0 aliphatic rings. The molecular weight excluding hydrogens is 492 g/mol. The van der Waals surface area contributed by atoms with Crippen molar-refractivity contribution < 1.29 is 24.9 Å². The van der Waals surface area contributed by atoms with Gasteiger partial charge in [-0.05, 0) is 65.5 Å². The van der Waals surface area contributed by atoms with Crippen LogP contribution in [-0.4, -0.2) is 53.6 Å². The third-order valence-electron chi connectivity index (χ3n) is 6.35. The van der Waals surface area contributed by atoms with E-state index in [4.69, 9.17) is 4.74 Å². The molecule has 0 spiro atoms. The van der Waals surface area contributed by atoms with Gasteiger partial charge >= 0.3 is 5.97 Å². The number of carbonyl (C=O) groups is 1. The molecule has 0 fully saturated rings. The lowest BCUT2D eigenvalue weighted by atomic mass is 9.80. The number of esters is 1. The summed E-state index contributed by atoms with van der Waals surface area (Å²) in [6.07, 6.45) is 4.71. The third-order valence-corrected chi connectivity index (χ3v) is 7.84. The lowest BCUT2D eigenvalue weighted by Gasteiger charge is -2.30. The van der Waals surface area contributed by atoms with Gasteiger partial charge in [0.1, 0.15) is 12.2 Å². The highest BCUT2D eigenvalue weighted by Gasteiger charge is 2.34. The molecule has 3 N–H and O–H groups in total. The van der Waals surface area contributed by atoms with E-state index in [-0.39, 0.29) is 32.2 Å². The van der Waals surface area contributed by atoms with E-state index in [0.29, 0.717) is 6.42 Å². The first-order chi connectivity index (χ1) is 17.3. The molecule has 0 unspecified atom stereocenters. The van der Waals surface area contributed by atoms with E-state index in [2.05, 4.69) is 0 Å². The number of hydrogen-bond donors (Lipinski definition) is 3. The topological polar surface area (TPSA) is 87.0 Å². The molecule has 0 atom stereocenters. The van der Waals surface area contributed by atoms with Crippen LogP contribution in [-0.2, 0) is 21.6 Å². The molecule has 0 aliphatic heterocycles. The summed E-state index contributed by atoms with van der Waals surface area (Å²) in [5.74, 6) is -0.383. The monoisotopic (exact) mass is 526 g/mol. The summed E-state index contributed by atoms with van der Waals surface area (Å²) in [6.45, 7) is 1.10. The maximum absolute atomic E-state index is 12.2. The van der Waals surface area contributed by atoms with Crippen molar-refractivity contribution in [1.29, 1.82) is 0 Å². The molecule has 192 valence electrons. The summed E-state index contributed by atoms with van der Waals surface area (Å²) in [5.41, 5.74) is 1.08. The predicted molar refractivity (Wildman–Crippen MR) is 147 cm³/mol. The number of benzene rings is 3. The van der Waals surface area contributed by atoms with Gasteiger partial charge in [0.05, 0.1) is 13.2 Å². The molecule has 0 radical (unpaired) electrons. The molecule has 0 amide bonds. The van der Waals surface area contributed by atoms with Crippen LogP contribution in [0.25, 0.3) is 0 Å². The van der Waals surface area contributed by atoms with Gasteiger partial charge in [0.25, 0.3) is 0 Å².